The van der Waals surface area contributed by atoms with Crippen molar-refractivity contribution >= 4 is 12.0 Å². The van der Waals surface area contributed by atoms with E-state index >= 15 is 0 Å². The van der Waals surface area contributed by atoms with Crippen LogP contribution in [0.5, 0.6) is 11.5 Å². The Morgan fingerprint density at radius 3 is 2.66 bits per heavy atom. The minimum atomic E-state index is -3.13. The molecule has 1 heterocycles. The Bertz CT molecular complexity index is 1160. The first kappa shape index (κ1) is 25.9. The lowest BCUT2D eigenvalue weighted by Crippen LogP contribution is -2.26. The van der Waals surface area contributed by atoms with Crippen molar-refractivity contribution in [2.75, 3.05) is 20.8 Å². The van der Waals surface area contributed by atoms with Gasteiger partial charge in [0.15, 0.2) is 0 Å². The SMILES string of the molecule is C/C=C\C(=C/c1ncc(-c2cc(OC)c(C(=O)NC3CC3)c(OC(F)F)c2)[nH]1)C(C)(C#N)COC. The number of aromatic amines is 1. The van der Waals surface area contributed by atoms with Crippen LogP contribution in [0.15, 0.2) is 36.1 Å². The van der Waals surface area contributed by atoms with Crippen molar-refractivity contribution in [3.8, 4) is 28.8 Å². The van der Waals surface area contributed by atoms with E-state index in [1.807, 2.05) is 13.0 Å². The number of alkyl halides is 2. The zero-order valence-corrected chi connectivity index (χ0v) is 20.0. The first-order chi connectivity index (χ1) is 16.7. The minimum Gasteiger partial charge on any atom is -0.496 e. The monoisotopic (exact) mass is 486 g/mol. The third-order valence-electron chi connectivity index (χ3n) is 5.50. The average molecular weight is 487 g/mol. The molecule has 2 aromatic rings. The van der Waals surface area contributed by atoms with Gasteiger partial charge in [-0.3, -0.25) is 4.79 Å². The first-order valence-electron chi connectivity index (χ1n) is 11.0. The number of imidazole rings is 1. The fraction of sp³-hybridized carbons (Fsp3) is 0.400. The smallest absolute Gasteiger partial charge is 0.387 e. The molecular weight excluding hydrogens is 458 g/mol. The Morgan fingerprint density at radius 1 is 1.37 bits per heavy atom. The summed E-state index contributed by atoms with van der Waals surface area (Å²) in [5.74, 6) is -0.304. The number of ether oxygens (including phenoxy) is 3. The van der Waals surface area contributed by atoms with E-state index in [2.05, 4.69) is 26.1 Å². The van der Waals surface area contributed by atoms with Crippen LogP contribution in [-0.2, 0) is 4.74 Å². The van der Waals surface area contributed by atoms with Gasteiger partial charge in [-0.25, -0.2) is 4.98 Å². The Hall–Kier alpha value is -3.71. The third-order valence-corrected chi connectivity index (χ3v) is 5.50. The standard InChI is InChI=1S/C25H28F2N4O4/c1-5-6-16(25(2,13-28)14-33-3)11-21-29-12-18(31-21)15-9-19(34-4)22(20(10-15)35-24(26)27)23(32)30-17-7-8-17/h5-6,9-12,17,24H,7-8,14H2,1-4H3,(H,29,31)(H,30,32)/b6-5-,16-11+. The van der Waals surface area contributed by atoms with Crippen molar-refractivity contribution in [3.63, 3.8) is 0 Å². The third kappa shape index (κ3) is 6.25. The van der Waals surface area contributed by atoms with Gasteiger partial charge < -0.3 is 24.5 Å². The Balaban J connectivity index is 2.03. The number of allylic oxidation sites excluding steroid dienone is 2. The number of nitriles is 1. The van der Waals surface area contributed by atoms with Crippen LogP contribution in [-0.4, -0.2) is 49.4 Å². The molecule has 1 unspecified atom stereocenters. The molecule has 0 spiro atoms. The van der Waals surface area contributed by atoms with Crippen molar-refractivity contribution < 1.29 is 27.8 Å². The summed E-state index contributed by atoms with van der Waals surface area (Å²) in [5, 5.41) is 12.5. The van der Waals surface area contributed by atoms with Crippen LogP contribution in [0.2, 0.25) is 0 Å². The van der Waals surface area contributed by atoms with Crippen LogP contribution >= 0.6 is 0 Å². The minimum absolute atomic E-state index is 0.0248. The second-order valence-corrected chi connectivity index (χ2v) is 8.34. The Labute approximate surface area is 202 Å². The Morgan fingerprint density at radius 2 is 2.09 bits per heavy atom. The molecule has 10 heteroatoms. The number of hydrogen-bond acceptors (Lipinski definition) is 6. The van der Waals surface area contributed by atoms with Gasteiger partial charge in [0.05, 0.1) is 31.7 Å². The number of nitrogens with one attached hydrogen (secondary N) is 2. The molecule has 0 radical (unpaired) electrons. The predicted octanol–water partition coefficient (Wildman–Crippen LogP) is 4.71. The van der Waals surface area contributed by atoms with Gasteiger partial charge in [-0.1, -0.05) is 12.2 Å². The zero-order valence-electron chi connectivity index (χ0n) is 20.0. The van der Waals surface area contributed by atoms with Crippen molar-refractivity contribution in [2.24, 2.45) is 5.41 Å². The van der Waals surface area contributed by atoms with Crippen LogP contribution in [0.25, 0.3) is 17.3 Å². The number of aromatic nitrogens is 2. The summed E-state index contributed by atoms with van der Waals surface area (Å²) in [6, 6.07) is 5.19. The number of nitrogens with zero attached hydrogens (tertiary/aromatic N) is 2. The number of halogens is 2. The quantitative estimate of drug-likeness (QED) is 0.445. The van der Waals surface area contributed by atoms with E-state index in [0.717, 1.165) is 12.8 Å². The van der Waals surface area contributed by atoms with Crippen LogP contribution in [0, 0.1) is 16.7 Å². The van der Waals surface area contributed by atoms with Gasteiger partial charge >= 0.3 is 6.61 Å². The van der Waals surface area contributed by atoms with Crippen molar-refractivity contribution in [2.45, 2.75) is 39.3 Å². The maximum Gasteiger partial charge on any atom is 0.387 e. The van der Waals surface area contributed by atoms with Gasteiger partial charge in [0.2, 0.25) is 0 Å². The maximum atomic E-state index is 13.2. The number of amides is 1. The van der Waals surface area contributed by atoms with E-state index in [1.54, 1.807) is 25.1 Å². The van der Waals surface area contributed by atoms with Crippen LogP contribution in [0.1, 0.15) is 42.9 Å². The lowest BCUT2D eigenvalue weighted by molar-refractivity contribution is -0.0502. The van der Waals surface area contributed by atoms with Crippen LogP contribution < -0.4 is 14.8 Å². The highest BCUT2D eigenvalue weighted by atomic mass is 19.3. The second kappa shape index (κ2) is 11.1. The van der Waals surface area contributed by atoms with Crippen LogP contribution in [0.4, 0.5) is 8.78 Å². The van der Waals surface area contributed by atoms with E-state index in [1.165, 1.54) is 26.5 Å². The highest BCUT2D eigenvalue weighted by Crippen LogP contribution is 2.37. The van der Waals surface area contributed by atoms with Crippen molar-refractivity contribution in [3.05, 3.63) is 47.4 Å². The summed E-state index contributed by atoms with van der Waals surface area (Å²) in [6.07, 6.45) is 8.53. The van der Waals surface area contributed by atoms with E-state index in [4.69, 9.17) is 9.47 Å². The van der Waals surface area contributed by atoms with Gasteiger partial charge in [0, 0.05) is 18.7 Å². The van der Waals surface area contributed by atoms with Gasteiger partial charge in [0.1, 0.15) is 28.3 Å². The molecule has 1 aromatic carbocycles. The molecule has 3 rings (SSSR count). The lowest BCUT2D eigenvalue weighted by atomic mass is 9.83. The Kier molecular flexibility index (Phi) is 8.25. The summed E-state index contributed by atoms with van der Waals surface area (Å²) in [6.45, 7) is 0.652. The second-order valence-electron chi connectivity index (χ2n) is 8.34. The first-order valence-corrected chi connectivity index (χ1v) is 11.0. The molecule has 1 aliphatic rings. The van der Waals surface area contributed by atoms with E-state index in [0.29, 0.717) is 22.7 Å². The van der Waals surface area contributed by atoms with Gasteiger partial charge in [0.25, 0.3) is 5.91 Å². The maximum absolute atomic E-state index is 13.2. The molecule has 8 nitrogen and oxygen atoms in total. The predicted molar refractivity (Wildman–Crippen MR) is 126 cm³/mol. The molecule has 2 N–H and O–H groups in total. The number of methoxy groups -OCH3 is 2. The number of hydrogen-bond donors (Lipinski definition) is 2. The van der Waals surface area contributed by atoms with Crippen molar-refractivity contribution in [1.29, 1.82) is 5.26 Å². The molecule has 1 fully saturated rings. The summed E-state index contributed by atoms with van der Waals surface area (Å²) < 4.78 is 41.6. The molecule has 1 saturated carbocycles. The molecule has 0 aliphatic heterocycles. The number of rotatable bonds is 11. The zero-order chi connectivity index (χ0) is 25.6. The highest BCUT2D eigenvalue weighted by Gasteiger charge is 2.30. The summed E-state index contributed by atoms with van der Waals surface area (Å²) >= 11 is 0. The van der Waals surface area contributed by atoms with Crippen molar-refractivity contribution in [1.82, 2.24) is 15.3 Å². The number of H-pyrrole nitrogens is 1. The summed E-state index contributed by atoms with van der Waals surface area (Å²) in [4.78, 5) is 20.2. The molecule has 0 saturated heterocycles. The lowest BCUT2D eigenvalue weighted by Gasteiger charge is -2.21. The number of benzene rings is 1. The summed E-state index contributed by atoms with van der Waals surface area (Å²) in [7, 11) is 2.87. The molecule has 0 bridgehead atoms. The summed E-state index contributed by atoms with van der Waals surface area (Å²) in [5.41, 5.74) is 0.583. The van der Waals surface area contributed by atoms with Crippen LogP contribution in [0.3, 0.4) is 0 Å². The number of carbonyl (C=O) groups excluding carboxylic acids is 1. The molecular formula is C25H28F2N4O4. The normalized spacial score (nSPS) is 15.7. The van der Waals surface area contributed by atoms with E-state index < -0.39 is 17.9 Å². The molecule has 1 amide bonds. The molecule has 1 atom stereocenters. The van der Waals surface area contributed by atoms with Gasteiger partial charge in [-0.2, -0.15) is 14.0 Å². The molecule has 186 valence electrons. The fourth-order valence-corrected chi connectivity index (χ4v) is 3.55. The van der Waals surface area contributed by atoms with E-state index in [-0.39, 0.29) is 29.7 Å². The molecule has 1 aromatic heterocycles. The fourth-order valence-electron chi connectivity index (χ4n) is 3.55. The topological polar surface area (TPSA) is 109 Å². The van der Waals surface area contributed by atoms with Gasteiger partial charge in [-0.05, 0) is 50.5 Å². The molecule has 1 aliphatic carbocycles. The number of carbonyl (C=O) groups is 1. The van der Waals surface area contributed by atoms with E-state index in [9.17, 15) is 18.8 Å². The highest BCUT2D eigenvalue weighted by molar-refractivity contribution is 6.01. The largest absolute Gasteiger partial charge is 0.496 e. The average Bonchev–Trinajstić information content (AvgIpc) is 3.51. The van der Waals surface area contributed by atoms with Gasteiger partial charge in [-0.15, -0.1) is 0 Å². The molecule has 35 heavy (non-hydrogen) atoms.